The van der Waals surface area contributed by atoms with Crippen LogP contribution in [0.2, 0.25) is 0 Å². The summed E-state index contributed by atoms with van der Waals surface area (Å²) in [5, 5.41) is 12.1. The smallest absolute Gasteiger partial charge is 0.311 e. The highest BCUT2D eigenvalue weighted by molar-refractivity contribution is 5.80. The number of carbonyl (C=O) groups excluding carboxylic acids is 1. The second-order valence-electron chi connectivity index (χ2n) is 5.38. The van der Waals surface area contributed by atoms with E-state index in [4.69, 9.17) is 0 Å². The maximum Gasteiger partial charge on any atom is 0.311 e. The van der Waals surface area contributed by atoms with Gasteiger partial charge in [0, 0.05) is 12.5 Å². The number of nitrogens with one attached hydrogen (secondary N) is 1. The van der Waals surface area contributed by atoms with Crippen LogP contribution < -0.4 is 5.32 Å². The van der Waals surface area contributed by atoms with Crippen LogP contribution in [0.4, 0.5) is 0 Å². The quantitative estimate of drug-likeness (QED) is 0.762. The van der Waals surface area contributed by atoms with Crippen molar-refractivity contribution >= 4 is 11.9 Å². The fraction of sp³-hybridized carbons (Fsp3) is 0.833. The topological polar surface area (TPSA) is 66.4 Å². The van der Waals surface area contributed by atoms with Gasteiger partial charge < -0.3 is 10.4 Å². The molecule has 2 unspecified atom stereocenters. The van der Waals surface area contributed by atoms with Crippen LogP contribution in [0.15, 0.2) is 0 Å². The molecule has 0 aliphatic heterocycles. The zero-order chi connectivity index (χ0) is 11.8. The van der Waals surface area contributed by atoms with Crippen LogP contribution in [-0.2, 0) is 9.59 Å². The summed E-state index contributed by atoms with van der Waals surface area (Å²) in [6.07, 6.45) is 5.21. The van der Waals surface area contributed by atoms with E-state index >= 15 is 0 Å². The molecule has 0 bridgehead atoms. The van der Waals surface area contributed by atoms with Crippen molar-refractivity contribution in [3.05, 3.63) is 0 Å². The van der Waals surface area contributed by atoms with Crippen LogP contribution in [0.1, 0.15) is 45.4 Å². The van der Waals surface area contributed by atoms with Gasteiger partial charge in [-0.2, -0.15) is 0 Å². The number of carboxylic acid groups (broad SMARTS) is 1. The number of carboxylic acids is 1. The van der Waals surface area contributed by atoms with E-state index < -0.39 is 11.4 Å². The molecule has 2 N–H and O–H groups in total. The molecule has 90 valence electrons. The van der Waals surface area contributed by atoms with E-state index in [-0.39, 0.29) is 11.9 Å². The zero-order valence-corrected chi connectivity index (χ0v) is 9.66. The van der Waals surface area contributed by atoms with Gasteiger partial charge in [-0.25, -0.2) is 0 Å². The average molecular weight is 225 g/mol. The third-order valence-electron chi connectivity index (χ3n) is 3.95. The molecule has 0 spiro atoms. The molecule has 1 amide bonds. The van der Waals surface area contributed by atoms with Gasteiger partial charge in [0.2, 0.25) is 5.91 Å². The van der Waals surface area contributed by atoms with Crippen LogP contribution >= 0.6 is 0 Å². The summed E-state index contributed by atoms with van der Waals surface area (Å²) in [6, 6.07) is -0.184. The fourth-order valence-corrected chi connectivity index (χ4v) is 2.49. The highest BCUT2D eigenvalue weighted by Gasteiger charge is 2.46. The monoisotopic (exact) mass is 225 g/mol. The summed E-state index contributed by atoms with van der Waals surface area (Å²) in [4.78, 5) is 22.9. The minimum Gasteiger partial charge on any atom is -0.481 e. The maximum atomic E-state index is 11.7. The van der Waals surface area contributed by atoms with Crippen molar-refractivity contribution < 1.29 is 14.7 Å². The van der Waals surface area contributed by atoms with Gasteiger partial charge in [0.05, 0.1) is 5.41 Å². The highest BCUT2D eigenvalue weighted by Crippen LogP contribution is 2.38. The third kappa shape index (κ3) is 2.20. The Morgan fingerprint density at radius 3 is 2.62 bits per heavy atom. The lowest BCUT2D eigenvalue weighted by Gasteiger charge is -2.27. The minimum atomic E-state index is -0.790. The zero-order valence-electron chi connectivity index (χ0n) is 9.66. The first kappa shape index (κ1) is 11.4. The molecule has 0 radical (unpaired) electrons. The predicted molar refractivity (Wildman–Crippen MR) is 58.9 cm³/mol. The predicted octanol–water partition coefficient (Wildman–Crippen LogP) is 1.55. The Balaban J connectivity index is 1.92. The minimum absolute atomic E-state index is 0.0295. The Hall–Kier alpha value is -1.06. The van der Waals surface area contributed by atoms with Crippen molar-refractivity contribution in [2.24, 2.45) is 11.3 Å². The molecule has 2 fully saturated rings. The molecule has 4 nitrogen and oxygen atoms in total. The van der Waals surface area contributed by atoms with Crippen LogP contribution in [0.5, 0.6) is 0 Å². The summed E-state index contributed by atoms with van der Waals surface area (Å²) in [5.41, 5.74) is -0.765. The summed E-state index contributed by atoms with van der Waals surface area (Å²) in [5.74, 6) is -0.207. The molecule has 2 rings (SSSR count). The molecule has 2 aliphatic rings. The number of rotatable bonds is 4. The molecular formula is C12H19NO3. The van der Waals surface area contributed by atoms with E-state index in [1.807, 2.05) is 0 Å². The second kappa shape index (κ2) is 4.07. The van der Waals surface area contributed by atoms with Crippen molar-refractivity contribution in [1.82, 2.24) is 5.32 Å². The molecule has 4 heteroatoms. The third-order valence-corrected chi connectivity index (χ3v) is 3.95. The molecular weight excluding hydrogens is 206 g/mol. The summed E-state index contributed by atoms with van der Waals surface area (Å²) < 4.78 is 0. The van der Waals surface area contributed by atoms with Gasteiger partial charge in [-0.15, -0.1) is 0 Å². The van der Waals surface area contributed by atoms with Crippen molar-refractivity contribution in [1.29, 1.82) is 0 Å². The number of hydrogen-bond acceptors (Lipinski definition) is 2. The van der Waals surface area contributed by atoms with Gasteiger partial charge in [0.25, 0.3) is 0 Å². The largest absolute Gasteiger partial charge is 0.481 e. The van der Waals surface area contributed by atoms with Crippen molar-refractivity contribution in [2.75, 3.05) is 0 Å². The molecule has 0 aromatic rings. The number of hydrogen-bond donors (Lipinski definition) is 2. The van der Waals surface area contributed by atoms with Crippen LogP contribution in [0.25, 0.3) is 0 Å². The van der Waals surface area contributed by atoms with Gasteiger partial charge in [-0.1, -0.05) is 6.42 Å². The van der Waals surface area contributed by atoms with E-state index in [9.17, 15) is 14.7 Å². The molecule has 16 heavy (non-hydrogen) atoms. The van der Waals surface area contributed by atoms with Gasteiger partial charge in [-0.05, 0) is 38.5 Å². The van der Waals surface area contributed by atoms with Crippen molar-refractivity contribution in [3.8, 4) is 0 Å². The van der Waals surface area contributed by atoms with Gasteiger partial charge >= 0.3 is 5.97 Å². The molecule has 2 saturated carbocycles. The molecule has 2 atom stereocenters. The van der Waals surface area contributed by atoms with Gasteiger partial charge in [0.15, 0.2) is 0 Å². The summed E-state index contributed by atoms with van der Waals surface area (Å²) in [7, 11) is 0. The molecule has 2 aliphatic carbocycles. The second-order valence-corrected chi connectivity index (χ2v) is 5.38. The van der Waals surface area contributed by atoms with Crippen molar-refractivity contribution in [2.45, 2.75) is 51.5 Å². The highest BCUT2D eigenvalue weighted by atomic mass is 16.4. The van der Waals surface area contributed by atoms with E-state index in [1.165, 1.54) is 0 Å². The van der Waals surface area contributed by atoms with E-state index in [2.05, 4.69) is 5.32 Å². The first-order valence-corrected chi connectivity index (χ1v) is 6.05. The SMILES string of the molecule is CC1(C(=O)O)CCCC1NC(=O)CC1CC1. The van der Waals surface area contributed by atoms with E-state index in [1.54, 1.807) is 6.92 Å². The Bertz CT molecular complexity index is 311. The number of carbonyl (C=O) groups is 2. The number of amides is 1. The molecule has 0 aromatic carbocycles. The normalized spacial score (nSPS) is 33.7. The first-order chi connectivity index (χ1) is 7.52. The van der Waals surface area contributed by atoms with Crippen LogP contribution in [0.3, 0.4) is 0 Å². The molecule has 0 aromatic heterocycles. The standard InChI is InChI=1S/C12H19NO3/c1-12(11(15)16)6-2-3-9(12)13-10(14)7-8-4-5-8/h8-9H,2-7H2,1H3,(H,13,14)(H,15,16). The van der Waals surface area contributed by atoms with E-state index in [0.29, 0.717) is 18.8 Å². The van der Waals surface area contributed by atoms with Crippen molar-refractivity contribution in [3.63, 3.8) is 0 Å². The fourth-order valence-electron chi connectivity index (χ4n) is 2.49. The van der Waals surface area contributed by atoms with Gasteiger partial charge in [0.1, 0.15) is 0 Å². The first-order valence-electron chi connectivity index (χ1n) is 6.05. The summed E-state index contributed by atoms with van der Waals surface area (Å²) >= 11 is 0. The Labute approximate surface area is 95.4 Å². The summed E-state index contributed by atoms with van der Waals surface area (Å²) in [6.45, 7) is 1.74. The van der Waals surface area contributed by atoms with Crippen LogP contribution in [0, 0.1) is 11.3 Å². The Morgan fingerprint density at radius 2 is 2.06 bits per heavy atom. The number of aliphatic carboxylic acids is 1. The average Bonchev–Trinajstić information content (AvgIpc) is 2.92. The Kier molecular flexibility index (Phi) is 2.91. The van der Waals surface area contributed by atoms with Gasteiger partial charge in [-0.3, -0.25) is 9.59 Å². The maximum absolute atomic E-state index is 11.7. The molecule has 0 heterocycles. The van der Waals surface area contributed by atoms with Crippen LogP contribution in [-0.4, -0.2) is 23.0 Å². The lowest BCUT2D eigenvalue weighted by atomic mass is 9.85. The lowest BCUT2D eigenvalue weighted by Crippen LogP contribution is -2.47. The molecule has 0 saturated heterocycles. The lowest BCUT2D eigenvalue weighted by molar-refractivity contribution is -0.149. The van der Waals surface area contributed by atoms with E-state index in [0.717, 1.165) is 25.7 Å². The Morgan fingerprint density at radius 1 is 1.38 bits per heavy atom.